The first-order valence-corrected chi connectivity index (χ1v) is 18.0. The number of ether oxygens (including phenoxy) is 3. The summed E-state index contributed by atoms with van der Waals surface area (Å²) in [5.74, 6) is -0.675. The van der Waals surface area contributed by atoms with Crippen LogP contribution in [-0.4, -0.2) is 89.5 Å². The Bertz CT molecular complexity index is 1470. The van der Waals surface area contributed by atoms with Gasteiger partial charge in [0.1, 0.15) is 18.0 Å². The summed E-state index contributed by atoms with van der Waals surface area (Å²) in [6, 6.07) is 15.0. The molecule has 0 aliphatic carbocycles. The zero-order chi connectivity index (χ0) is 37.0. The van der Waals surface area contributed by atoms with Crippen LogP contribution in [0, 0.1) is 11.8 Å². The minimum absolute atomic E-state index is 0.0340. The number of imide groups is 1. The van der Waals surface area contributed by atoms with Crippen molar-refractivity contribution in [3.8, 4) is 5.75 Å². The number of benzene rings is 2. The van der Waals surface area contributed by atoms with Crippen molar-refractivity contribution in [3.63, 3.8) is 0 Å². The van der Waals surface area contributed by atoms with Gasteiger partial charge >= 0.3 is 18.1 Å². The number of rotatable bonds is 13. The van der Waals surface area contributed by atoms with Crippen LogP contribution in [0.2, 0.25) is 0 Å². The highest BCUT2D eigenvalue weighted by molar-refractivity contribution is 5.96. The molecule has 4 rings (SSSR count). The van der Waals surface area contributed by atoms with Gasteiger partial charge in [-0.05, 0) is 94.9 Å². The summed E-state index contributed by atoms with van der Waals surface area (Å²) in [6.07, 6.45) is 4.00. The monoisotopic (exact) mass is 706 g/mol. The second-order valence-corrected chi connectivity index (χ2v) is 14.6. The van der Waals surface area contributed by atoms with Gasteiger partial charge in [-0.3, -0.25) is 19.3 Å². The fourth-order valence-corrected chi connectivity index (χ4v) is 6.72. The third kappa shape index (κ3) is 12.3. The van der Waals surface area contributed by atoms with Crippen LogP contribution in [0.5, 0.6) is 5.75 Å². The van der Waals surface area contributed by atoms with Gasteiger partial charge in [-0.25, -0.2) is 9.59 Å². The summed E-state index contributed by atoms with van der Waals surface area (Å²) in [6.45, 7) is 7.51. The lowest BCUT2D eigenvalue weighted by atomic mass is 9.91. The van der Waals surface area contributed by atoms with Gasteiger partial charge in [0.15, 0.2) is 0 Å². The van der Waals surface area contributed by atoms with Gasteiger partial charge in [-0.15, -0.1) is 0 Å². The Balaban J connectivity index is 1.36. The molecule has 2 N–H and O–H groups in total. The van der Waals surface area contributed by atoms with Gasteiger partial charge in [-0.2, -0.15) is 0 Å². The molecule has 51 heavy (non-hydrogen) atoms. The standard InChI is InChI=1S/C39H54N4O8/c1-39(2,3)51-38(48)41-23-20-29(21-24-41)15-19-34(44)42-22-8-11-31(26-42)36(46)43(37(40)47)32(16-12-28-13-17-33(49-4)18-14-28)25-35(45)50-27-30-9-6-5-7-10-30/h5-7,9-10,13-14,17-18,29,31-32H,8,11-12,15-16,19-27H2,1-4H3,(H2,40,47)/t31-,32+/m1/s1. The van der Waals surface area contributed by atoms with Gasteiger partial charge in [-0.1, -0.05) is 42.5 Å². The van der Waals surface area contributed by atoms with Gasteiger partial charge in [0.05, 0.1) is 25.5 Å². The third-order valence-electron chi connectivity index (χ3n) is 9.57. The van der Waals surface area contributed by atoms with Gasteiger partial charge in [0.2, 0.25) is 11.8 Å². The van der Waals surface area contributed by atoms with Crippen LogP contribution < -0.4 is 10.5 Å². The summed E-state index contributed by atoms with van der Waals surface area (Å²) in [5, 5.41) is 0. The number of urea groups is 1. The van der Waals surface area contributed by atoms with Crippen LogP contribution in [0.4, 0.5) is 9.59 Å². The molecule has 0 spiro atoms. The van der Waals surface area contributed by atoms with Crippen molar-refractivity contribution in [1.29, 1.82) is 0 Å². The molecular formula is C39H54N4O8. The molecule has 2 aliphatic heterocycles. The Morgan fingerprint density at radius 1 is 0.902 bits per heavy atom. The molecule has 12 heteroatoms. The number of carbonyl (C=O) groups is 5. The molecule has 0 radical (unpaired) electrons. The van der Waals surface area contributed by atoms with E-state index >= 15 is 0 Å². The predicted octanol–water partition coefficient (Wildman–Crippen LogP) is 5.70. The number of primary amides is 1. The lowest BCUT2D eigenvalue weighted by Crippen LogP contribution is -2.54. The molecule has 278 valence electrons. The molecule has 2 fully saturated rings. The number of aryl methyl sites for hydroxylation is 1. The highest BCUT2D eigenvalue weighted by Gasteiger charge is 2.38. The van der Waals surface area contributed by atoms with Crippen molar-refractivity contribution in [2.45, 2.75) is 96.8 Å². The number of carbonyl (C=O) groups excluding carboxylic acids is 5. The van der Waals surface area contributed by atoms with Gasteiger partial charge < -0.3 is 29.7 Å². The minimum atomic E-state index is -0.934. The Kier molecular flexibility index (Phi) is 14.3. The maximum atomic E-state index is 14.1. The van der Waals surface area contributed by atoms with Crippen molar-refractivity contribution in [2.75, 3.05) is 33.3 Å². The summed E-state index contributed by atoms with van der Waals surface area (Å²) in [7, 11) is 1.58. The molecule has 2 aromatic carbocycles. The van der Waals surface area contributed by atoms with E-state index in [9.17, 15) is 24.0 Å². The first-order chi connectivity index (χ1) is 24.3. The van der Waals surface area contributed by atoms with Crippen LogP contribution in [0.15, 0.2) is 54.6 Å². The van der Waals surface area contributed by atoms with E-state index in [0.717, 1.165) is 28.9 Å². The molecule has 2 saturated heterocycles. The summed E-state index contributed by atoms with van der Waals surface area (Å²) in [5.41, 5.74) is 7.08. The predicted molar refractivity (Wildman–Crippen MR) is 191 cm³/mol. The second kappa shape index (κ2) is 18.6. The molecule has 2 atom stereocenters. The van der Waals surface area contributed by atoms with E-state index in [0.29, 0.717) is 69.8 Å². The second-order valence-electron chi connectivity index (χ2n) is 14.6. The maximum absolute atomic E-state index is 14.1. The molecule has 2 heterocycles. The number of methoxy groups -OCH3 is 1. The van der Waals surface area contributed by atoms with Gasteiger partial charge in [0, 0.05) is 32.6 Å². The Morgan fingerprint density at radius 2 is 1.59 bits per heavy atom. The molecule has 0 saturated carbocycles. The first-order valence-electron chi connectivity index (χ1n) is 18.0. The fraction of sp³-hybridized carbons (Fsp3) is 0.564. The number of likely N-dealkylation sites (tertiary alicyclic amines) is 2. The Labute approximate surface area is 301 Å². The SMILES string of the molecule is COc1ccc(CC[C@@H](CC(=O)OCc2ccccc2)N(C(N)=O)C(=O)[C@@H]2CCCN(C(=O)CCC3CCN(C(=O)OC(C)(C)C)CC3)C2)cc1. The Hall–Kier alpha value is -4.61. The molecule has 0 unspecified atom stereocenters. The smallest absolute Gasteiger partial charge is 0.410 e. The van der Waals surface area contributed by atoms with Crippen molar-refractivity contribution in [1.82, 2.24) is 14.7 Å². The van der Waals surface area contributed by atoms with E-state index in [-0.39, 0.29) is 31.6 Å². The Morgan fingerprint density at radius 3 is 2.22 bits per heavy atom. The van der Waals surface area contributed by atoms with Crippen LogP contribution in [0.1, 0.15) is 83.3 Å². The molecule has 0 aromatic heterocycles. The number of hydrogen-bond donors (Lipinski definition) is 1. The number of amides is 5. The topological polar surface area (TPSA) is 149 Å². The number of hydrogen-bond acceptors (Lipinski definition) is 8. The molecule has 0 bridgehead atoms. The van der Waals surface area contributed by atoms with E-state index in [4.69, 9.17) is 19.9 Å². The first kappa shape index (κ1) is 39.2. The van der Waals surface area contributed by atoms with Crippen LogP contribution >= 0.6 is 0 Å². The van der Waals surface area contributed by atoms with E-state index in [1.807, 2.05) is 75.4 Å². The van der Waals surface area contributed by atoms with E-state index in [1.165, 1.54) is 0 Å². The fourth-order valence-electron chi connectivity index (χ4n) is 6.72. The normalized spacial score (nSPS) is 17.3. The van der Waals surface area contributed by atoms with Crippen molar-refractivity contribution >= 4 is 29.9 Å². The lowest BCUT2D eigenvalue weighted by Gasteiger charge is -2.37. The van der Waals surface area contributed by atoms with Gasteiger partial charge in [0.25, 0.3) is 0 Å². The largest absolute Gasteiger partial charge is 0.497 e. The summed E-state index contributed by atoms with van der Waals surface area (Å²) in [4.78, 5) is 70.3. The zero-order valence-corrected chi connectivity index (χ0v) is 30.5. The molecule has 2 aromatic rings. The highest BCUT2D eigenvalue weighted by Crippen LogP contribution is 2.27. The molecule has 12 nitrogen and oxygen atoms in total. The van der Waals surface area contributed by atoms with Crippen molar-refractivity contribution < 1.29 is 38.2 Å². The lowest BCUT2D eigenvalue weighted by molar-refractivity contribution is -0.147. The van der Waals surface area contributed by atoms with E-state index in [1.54, 1.807) is 16.9 Å². The molecule has 5 amide bonds. The van der Waals surface area contributed by atoms with Crippen molar-refractivity contribution in [2.24, 2.45) is 17.6 Å². The van der Waals surface area contributed by atoms with Crippen LogP contribution in [-0.2, 0) is 36.9 Å². The zero-order valence-electron chi connectivity index (χ0n) is 30.5. The van der Waals surface area contributed by atoms with E-state index < -0.39 is 35.5 Å². The quantitative estimate of drug-likeness (QED) is 0.261. The number of nitrogens with zero attached hydrogens (tertiary/aromatic N) is 3. The number of piperidine rings is 2. The number of esters is 1. The summed E-state index contributed by atoms with van der Waals surface area (Å²) < 4.78 is 16.3. The summed E-state index contributed by atoms with van der Waals surface area (Å²) >= 11 is 0. The molecule has 2 aliphatic rings. The van der Waals surface area contributed by atoms with Crippen LogP contribution in [0.3, 0.4) is 0 Å². The number of nitrogens with two attached hydrogens (primary N) is 1. The third-order valence-corrected chi connectivity index (χ3v) is 9.57. The maximum Gasteiger partial charge on any atom is 0.410 e. The average molecular weight is 707 g/mol. The minimum Gasteiger partial charge on any atom is -0.497 e. The van der Waals surface area contributed by atoms with Crippen molar-refractivity contribution in [3.05, 3.63) is 65.7 Å². The van der Waals surface area contributed by atoms with Crippen LogP contribution in [0.25, 0.3) is 0 Å². The van der Waals surface area contributed by atoms with E-state index in [2.05, 4.69) is 0 Å². The highest BCUT2D eigenvalue weighted by atomic mass is 16.6. The average Bonchev–Trinajstić information content (AvgIpc) is 3.12. The molecular weight excluding hydrogens is 652 g/mol.